The van der Waals surface area contributed by atoms with Crippen molar-refractivity contribution in [1.82, 2.24) is 9.80 Å². The van der Waals surface area contributed by atoms with Gasteiger partial charge in [0.15, 0.2) is 0 Å². The van der Waals surface area contributed by atoms with Gasteiger partial charge in [0.25, 0.3) is 0 Å². The highest BCUT2D eigenvalue weighted by Crippen LogP contribution is 2.14. The number of carbonyl (C=O) groups is 2. The molecule has 1 N–H and O–H groups in total. The van der Waals surface area contributed by atoms with Crippen LogP contribution in [-0.2, 0) is 16.1 Å². The van der Waals surface area contributed by atoms with Crippen molar-refractivity contribution >= 4 is 11.9 Å². The minimum absolute atomic E-state index is 0.460. The quantitative estimate of drug-likeness (QED) is 0.812. The highest BCUT2D eigenvalue weighted by Gasteiger charge is 2.25. The van der Waals surface area contributed by atoms with Crippen LogP contribution in [0.5, 0.6) is 5.75 Å². The van der Waals surface area contributed by atoms with Crippen molar-refractivity contribution in [1.29, 1.82) is 0 Å². The summed E-state index contributed by atoms with van der Waals surface area (Å²) in [5, 5.41) is 8.67. The van der Waals surface area contributed by atoms with Gasteiger partial charge in [0.05, 0.1) is 7.11 Å². The summed E-state index contributed by atoms with van der Waals surface area (Å²) in [5.41, 5.74) is 1.17. The largest absolute Gasteiger partial charge is 0.497 e. The second kappa shape index (κ2) is 6.38. The summed E-state index contributed by atoms with van der Waals surface area (Å²) in [6.07, 6.45) is 0. The number of piperazine rings is 1. The lowest BCUT2D eigenvalue weighted by molar-refractivity contribution is -0.156. The van der Waals surface area contributed by atoms with Crippen LogP contribution in [0.25, 0.3) is 0 Å². The standard InChI is InChI=1S/C14H18N2O4/c1-20-12-4-2-11(3-5-12)10-15-6-8-16(9-7-15)13(17)14(18)19/h2-5H,6-10H2,1H3,(H,18,19). The first-order chi connectivity index (χ1) is 9.60. The number of ether oxygens (including phenoxy) is 1. The number of aliphatic carboxylic acids is 1. The number of carboxylic acid groups (broad SMARTS) is 1. The lowest BCUT2D eigenvalue weighted by Crippen LogP contribution is -2.50. The summed E-state index contributed by atoms with van der Waals surface area (Å²) < 4.78 is 5.11. The lowest BCUT2D eigenvalue weighted by atomic mass is 10.2. The van der Waals surface area contributed by atoms with Gasteiger partial charge in [-0.25, -0.2) is 4.79 Å². The lowest BCUT2D eigenvalue weighted by Gasteiger charge is -2.33. The Morgan fingerprint density at radius 3 is 2.25 bits per heavy atom. The van der Waals surface area contributed by atoms with Gasteiger partial charge in [-0.05, 0) is 17.7 Å². The molecule has 0 unspecified atom stereocenters. The fraction of sp³-hybridized carbons (Fsp3) is 0.429. The third-order valence-corrected chi connectivity index (χ3v) is 3.41. The molecule has 108 valence electrons. The Kier molecular flexibility index (Phi) is 4.57. The number of rotatable bonds is 3. The maximum atomic E-state index is 11.3. The first-order valence-corrected chi connectivity index (χ1v) is 6.47. The number of carboxylic acids is 1. The third kappa shape index (κ3) is 3.48. The number of nitrogens with zero attached hydrogens (tertiary/aromatic N) is 2. The van der Waals surface area contributed by atoms with E-state index in [2.05, 4.69) is 4.90 Å². The normalized spacial score (nSPS) is 15.9. The van der Waals surface area contributed by atoms with Crippen molar-refractivity contribution in [2.24, 2.45) is 0 Å². The Balaban J connectivity index is 1.84. The van der Waals surface area contributed by atoms with Crippen LogP contribution >= 0.6 is 0 Å². The van der Waals surface area contributed by atoms with Crippen molar-refractivity contribution in [2.75, 3.05) is 33.3 Å². The Morgan fingerprint density at radius 1 is 1.15 bits per heavy atom. The Labute approximate surface area is 117 Å². The van der Waals surface area contributed by atoms with Crippen LogP contribution in [0.1, 0.15) is 5.56 Å². The summed E-state index contributed by atoms with van der Waals surface area (Å²) >= 11 is 0. The molecule has 1 heterocycles. The molecule has 1 aliphatic rings. The predicted octanol–water partition coefficient (Wildman–Crippen LogP) is 0.424. The molecule has 1 aromatic carbocycles. The molecule has 1 saturated heterocycles. The van der Waals surface area contributed by atoms with Crippen LogP contribution in [0.3, 0.4) is 0 Å². The van der Waals surface area contributed by atoms with Gasteiger partial charge in [0, 0.05) is 32.7 Å². The van der Waals surface area contributed by atoms with E-state index < -0.39 is 11.9 Å². The van der Waals surface area contributed by atoms with Crippen LogP contribution in [0.2, 0.25) is 0 Å². The highest BCUT2D eigenvalue weighted by atomic mass is 16.5. The zero-order chi connectivity index (χ0) is 14.5. The van der Waals surface area contributed by atoms with Gasteiger partial charge < -0.3 is 14.7 Å². The van der Waals surface area contributed by atoms with Gasteiger partial charge in [-0.15, -0.1) is 0 Å². The number of hydrogen-bond donors (Lipinski definition) is 1. The minimum atomic E-state index is -1.38. The average Bonchev–Trinajstić information content (AvgIpc) is 2.48. The molecule has 0 aliphatic carbocycles. The molecule has 0 spiro atoms. The van der Waals surface area contributed by atoms with E-state index in [-0.39, 0.29) is 0 Å². The van der Waals surface area contributed by atoms with E-state index in [1.54, 1.807) is 7.11 Å². The number of benzene rings is 1. The van der Waals surface area contributed by atoms with Crippen LogP contribution in [0.15, 0.2) is 24.3 Å². The van der Waals surface area contributed by atoms with Crippen LogP contribution in [-0.4, -0.2) is 60.1 Å². The van der Waals surface area contributed by atoms with E-state index in [0.29, 0.717) is 26.2 Å². The van der Waals surface area contributed by atoms with Crippen molar-refractivity contribution in [2.45, 2.75) is 6.54 Å². The Bertz CT molecular complexity index is 478. The number of amides is 1. The molecule has 0 aromatic heterocycles. The van der Waals surface area contributed by atoms with E-state index >= 15 is 0 Å². The van der Waals surface area contributed by atoms with Gasteiger partial charge in [-0.3, -0.25) is 9.69 Å². The van der Waals surface area contributed by atoms with Gasteiger partial charge in [0.2, 0.25) is 0 Å². The molecular weight excluding hydrogens is 260 g/mol. The summed E-state index contributed by atoms with van der Waals surface area (Å²) in [7, 11) is 1.63. The first-order valence-electron chi connectivity index (χ1n) is 6.47. The molecule has 1 amide bonds. The van der Waals surface area contributed by atoms with Gasteiger partial charge in [-0.1, -0.05) is 12.1 Å². The minimum Gasteiger partial charge on any atom is -0.497 e. The van der Waals surface area contributed by atoms with Crippen LogP contribution in [0, 0.1) is 0 Å². The number of carbonyl (C=O) groups excluding carboxylic acids is 1. The summed E-state index contributed by atoms with van der Waals surface area (Å²) in [4.78, 5) is 25.5. The van der Waals surface area contributed by atoms with Crippen molar-refractivity contribution in [3.05, 3.63) is 29.8 Å². The van der Waals surface area contributed by atoms with E-state index in [9.17, 15) is 9.59 Å². The maximum Gasteiger partial charge on any atom is 0.394 e. The maximum absolute atomic E-state index is 11.3. The Hall–Kier alpha value is -2.08. The molecule has 1 aromatic rings. The molecule has 1 aliphatic heterocycles. The predicted molar refractivity (Wildman–Crippen MR) is 72.5 cm³/mol. The van der Waals surface area contributed by atoms with E-state index in [0.717, 1.165) is 12.3 Å². The molecule has 0 radical (unpaired) electrons. The van der Waals surface area contributed by atoms with Crippen LogP contribution in [0.4, 0.5) is 0 Å². The Morgan fingerprint density at radius 2 is 1.75 bits per heavy atom. The molecule has 0 saturated carbocycles. The summed E-state index contributed by atoms with van der Waals surface area (Å²) in [6.45, 7) is 3.08. The van der Waals surface area contributed by atoms with Gasteiger partial charge >= 0.3 is 11.9 Å². The average molecular weight is 278 g/mol. The molecule has 20 heavy (non-hydrogen) atoms. The fourth-order valence-corrected chi connectivity index (χ4v) is 2.23. The van der Waals surface area contributed by atoms with Gasteiger partial charge in [0.1, 0.15) is 5.75 Å². The van der Waals surface area contributed by atoms with Crippen LogP contribution < -0.4 is 4.74 Å². The summed E-state index contributed by atoms with van der Waals surface area (Å²) in [5.74, 6) is -1.37. The van der Waals surface area contributed by atoms with Crippen molar-refractivity contribution in [3.8, 4) is 5.75 Å². The van der Waals surface area contributed by atoms with E-state index in [1.165, 1.54) is 10.5 Å². The molecule has 1 fully saturated rings. The highest BCUT2D eigenvalue weighted by molar-refractivity contribution is 6.31. The molecule has 0 bridgehead atoms. The number of hydrogen-bond acceptors (Lipinski definition) is 4. The molecule has 2 rings (SSSR count). The topological polar surface area (TPSA) is 70.1 Å². The van der Waals surface area contributed by atoms with E-state index in [1.807, 2.05) is 24.3 Å². The summed E-state index contributed by atoms with van der Waals surface area (Å²) in [6, 6.07) is 7.85. The second-order valence-electron chi connectivity index (χ2n) is 4.72. The number of methoxy groups -OCH3 is 1. The molecule has 6 nitrogen and oxygen atoms in total. The van der Waals surface area contributed by atoms with E-state index in [4.69, 9.17) is 9.84 Å². The second-order valence-corrected chi connectivity index (χ2v) is 4.72. The van der Waals surface area contributed by atoms with Crippen molar-refractivity contribution < 1.29 is 19.4 Å². The van der Waals surface area contributed by atoms with Gasteiger partial charge in [-0.2, -0.15) is 0 Å². The molecular formula is C14H18N2O4. The first kappa shape index (κ1) is 14.3. The molecule has 6 heteroatoms. The smallest absolute Gasteiger partial charge is 0.394 e. The zero-order valence-corrected chi connectivity index (χ0v) is 11.4. The zero-order valence-electron chi connectivity index (χ0n) is 11.4. The SMILES string of the molecule is COc1ccc(CN2CCN(C(=O)C(=O)O)CC2)cc1. The third-order valence-electron chi connectivity index (χ3n) is 3.41. The fourth-order valence-electron chi connectivity index (χ4n) is 2.23. The van der Waals surface area contributed by atoms with Crippen molar-refractivity contribution in [3.63, 3.8) is 0 Å². The molecule has 0 atom stereocenters. The monoisotopic (exact) mass is 278 g/mol.